The van der Waals surface area contributed by atoms with Gasteiger partial charge in [-0.2, -0.15) is 0 Å². The molecule has 2 N–H and O–H groups in total. The van der Waals surface area contributed by atoms with Crippen LogP contribution in [0.4, 0.5) is 4.79 Å². The molecule has 0 heterocycles. The van der Waals surface area contributed by atoms with Crippen LogP contribution >= 0.6 is 0 Å². The lowest BCUT2D eigenvalue weighted by atomic mass is 10.1. The van der Waals surface area contributed by atoms with Crippen LogP contribution in [-0.2, 0) is 4.79 Å². The Balaban J connectivity index is 2.47. The number of carbonyl (C=O) groups excluding carboxylic acids is 1. The Kier molecular flexibility index (Phi) is 5.44. The summed E-state index contributed by atoms with van der Waals surface area (Å²) in [6.07, 6.45) is 2.90. The van der Waals surface area contributed by atoms with E-state index in [0.29, 0.717) is 19.4 Å². The second kappa shape index (κ2) is 6.61. The number of carboxylic acids is 1. The molecular weight excluding hydrogens is 232 g/mol. The lowest BCUT2D eigenvalue weighted by molar-refractivity contribution is -0.141. The lowest BCUT2D eigenvalue weighted by Crippen LogP contribution is -2.47. The molecule has 0 radical (unpaired) electrons. The molecule has 104 valence electrons. The third-order valence-corrected chi connectivity index (χ3v) is 3.83. The third-order valence-electron chi connectivity index (χ3n) is 3.83. The number of urea groups is 1. The van der Waals surface area contributed by atoms with E-state index in [1.165, 1.54) is 0 Å². The molecule has 3 unspecified atom stereocenters. The van der Waals surface area contributed by atoms with E-state index in [9.17, 15) is 9.59 Å². The van der Waals surface area contributed by atoms with Crippen LogP contribution in [0.3, 0.4) is 0 Å². The highest BCUT2D eigenvalue weighted by Crippen LogP contribution is 2.25. The molecule has 0 bridgehead atoms. The van der Waals surface area contributed by atoms with Crippen LogP contribution in [0.15, 0.2) is 0 Å². The Morgan fingerprint density at radius 3 is 2.50 bits per heavy atom. The van der Waals surface area contributed by atoms with Crippen molar-refractivity contribution in [2.75, 3.05) is 6.54 Å². The smallest absolute Gasteiger partial charge is 0.317 e. The highest BCUT2D eigenvalue weighted by atomic mass is 16.4. The molecule has 0 aliphatic heterocycles. The minimum Gasteiger partial charge on any atom is -0.481 e. The summed E-state index contributed by atoms with van der Waals surface area (Å²) in [5.41, 5.74) is 0. The van der Waals surface area contributed by atoms with Gasteiger partial charge in [-0.1, -0.05) is 6.92 Å². The van der Waals surface area contributed by atoms with Crippen molar-refractivity contribution in [1.82, 2.24) is 10.2 Å². The van der Waals surface area contributed by atoms with E-state index >= 15 is 0 Å². The number of nitrogens with zero attached hydrogens (tertiary/aromatic N) is 1. The summed E-state index contributed by atoms with van der Waals surface area (Å²) < 4.78 is 0. The average Bonchev–Trinajstić information content (AvgIpc) is 2.78. The SMILES string of the molecule is CCC(C)N(CC)C(=O)NC1CCC(C(=O)O)C1. The third kappa shape index (κ3) is 3.62. The van der Waals surface area contributed by atoms with Gasteiger partial charge in [-0.05, 0) is 39.5 Å². The van der Waals surface area contributed by atoms with Gasteiger partial charge in [0.25, 0.3) is 0 Å². The average molecular weight is 256 g/mol. The lowest BCUT2D eigenvalue weighted by Gasteiger charge is -2.29. The summed E-state index contributed by atoms with van der Waals surface area (Å²) in [6, 6.07) is 0.159. The quantitative estimate of drug-likeness (QED) is 0.791. The van der Waals surface area contributed by atoms with Crippen LogP contribution in [0.25, 0.3) is 0 Å². The molecule has 1 aliphatic rings. The first-order valence-corrected chi connectivity index (χ1v) is 6.79. The van der Waals surface area contributed by atoms with E-state index in [1.54, 1.807) is 4.90 Å². The molecule has 3 atom stereocenters. The topological polar surface area (TPSA) is 69.6 Å². The summed E-state index contributed by atoms with van der Waals surface area (Å²) in [5.74, 6) is -1.05. The number of carboxylic acid groups (broad SMARTS) is 1. The number of rotatable bonds is 5. The zero-order valence-corrected chi connectivity index (χ0v) is 11.5. The van der Waals surface area contributed by atoms with E-state index in [2.05, 4.69) is 12.2 Å². The minimum absolute atomic E-state index is 0.0108. The molecular formula is C13H24N2O3. The van der Waals surface area contributed by atoms with Gasteiger partial charge in [0.1, 0.15) is 0 Å². The monoisotopic (exact) mass is 256 g/mol. The van der Waals surface area contributed by atoms with E-state index in [4.69, 9.17) is 5.11 Å². The van der Waals surface area contributed by atoms with Crippen molar-refractivity contribution in [1.29, 1.82) is 0 Å². The Morgan fingerprint density at radius 1 is 1.39 bits per heavy atom. The first kappa shape index (κ1) is 14.8. The van der Waals surface area contributed by atoms with Crippen LogP contribution in [0.1, 0.15) is 46.5 Å². The Bertz CT molecular complexity index is 307. The van der Waals surface area contributed by atoms with Crippen molar-refractivity contribution < 1.29 is 14.7 Å². The number of hydrogen-bond acceptors (Lipinski definition) is 2. The van der Waals surface area contributed by atoms with Crippen molar-refractivity contribution >= 4 is 12.0 Å². The highest BCUT2D eigenvalue weighted by molar-refractivity contribution is 5.75. The zero-order chi connectivity index (χ0) is 13.7. The van der Waals surface area contributed by atoms with Crippen molar-refractivity contribution in [3.63, 3.8) is 0 Å². The normalized spacial score (nSPS) is 24.6. The van der Waals surface area contributed by atoms with Crippen molar-refractivity contribution in [2.24, 2.45) is 5.92 Å². The summed E-state index contributed by atoms with van der Waals surface area (Å²) >= 11 is 0. The number of aliphatic carboxylic acids is 1. The Hall–Kier alpha value is -1.26. The molecule has 0 aromatic heterocycles. The Morgan fingerprint density at radius 2 is 2.06 bits per heavy atom. The number of carbonyl (C=O) groups is 2. The van der Waals surface area contributed by atoms with Gasteiger partial charge in [0.15, 0.2) is 0 Å². The van der Waals surface area contributed by atoms with Gasteiger partial charge < -0.3 is 15.3 Å². The molecule has 1 rings (SSSR count). The molecule has 5 nitrogen and oxygen atoms in total. The standard InChI is InChI=1S/C13H24N2O3/c1-4-9(3)15(5-2)13(18)14-11-7-6-10(8-11)12(16)17/h9-11H,4-8H2,1-3H3,(H,14,18)(H,16,17). The van der Waals surface area contributed by atoms with Crippen molar-refractivity contribution in [3.8, 4) is 0 Å². The maximum atomic E-state index is 12.1. The first-order chi connectivity index (χ1) is 8.49. The second-order valence-electron chi connectivity index (χ2n) is 5.04. The molecule has 0 aromatic carbocycles. The highest BCUT2D eigenvalue weighted by Gasteiger charge is 2.31. The molecule has 0 saturated heterocycles. The van der Waals surface area contributed by atoms with E-state index in [0.717, 1.165) is 12.8 Å². The molecule has 1 saturated carbocycles. The van der Waals surface area contributed by atoms with E-state index in [1.807, 2.05) is 13.8 Å². The Labute approximate surface area is 109 Å². The number of hydrogen-bond donors (Lipinski definition) is 2. The maximum Gasteiger partial charge on any atom is 0.317 e. The van der Waals surface area contributed by atoms with Crippen LogP contribution in [0, 0.1) is 5.92 Å². The maximum absolute atomic E-state index is 12.1. The second-order valence-corrected chi connectivity index (χ2v) is 5.04. The predicted octanol–water partition coefficient (Wildman–Crippen LogP) is 2.07. The molecule has 5 heteroatoms. The van der Waals surface area contributed by atoms with Crippen molar-refractivity contribution in [2.45, 2.75) is 58.5 Å². The van der Waals surface area contributed by atoms with Gasteiger partial charge in [-0.15, -0.1) is 0 Å². The molecule has 1 fully saturated rings. The summed E-state index contributed by atoms with van der Waals surface area (Å²) in [4.78, 5) is 24.7. The van der Waals surface area contributed by atoms with E-state index in [-0.39, 0.29) is 24.0 Å². The fourth-order valence-corrected chi connectivity index (χ4v) is 2.47. The van der Waals surface area contributed by atoms with Gasteiger partial charge in [0.05, 0.1) is 5.92 Å². The predicted molar refractivity (Wildman–Crippen MR) is 69.4 cm³/mol. The van der Waals surface area contributed by atoms with Gasteiger partial charge in [0.2, 0.25) is 0 Å². The van der Waals surface area contributed by atoms with Gasteiger partial charge in [-0.3, -0.25) is 4.79 Å². The molecule has 18 heavy (non-hydrogen) atoms. The number of amides is 2. The first-order valence-electron chi connectivity index (χ1n) is 6.79. The fraction of sp³-hybridized carbons (Fsp3) is 0.846. The van der Waals surface area contributed by atoms with E-state index < -0.39 is 5.97 Å². The minimum atomic E-state index is -0.749. The van der Waals surface area contributed by atoms with Gasteiger partial charge in [-0.25, -0.2) is 4.79 Å². The van der Waals surface area contributed by atoms with Crippen molar-refractivity contribution in [3.05, 3.63) is 0 Å². The largest absolute Gasteiger partial charge is 0.481 e. The van der Waals surface area contributed by atoms with Crippen LogP contribution in [0.2, 0.25) is 0 Å². The number of nitrogens with one attached hydrogen (secondary N) is 1. The summed E-state index contributed by atoms with van der Waals surface area (Å²) in [6.45, 7) is 6.71. The fourth-order valence-electron chi connectivity index (χ4n) is 2.47. The van der Waals surface area contributed by atoms with Crippen LogP contribution in [-0.4, -0.2) is 40.6 Å². The van der Waals surface area contributed by atoms with Gasteiger partial charge in [0, 0.05) is 18.6 Å². The van der Waals surface area contributed by atoms with Gasteiger partial charge >= 0.3 is 12.0 Å². The van der Waals surface area contributed by atoms with Crippen LogP contribution in [0.5, 0.6) is 0 Å². The zero-order valence-electron chi connectivity index (χ0n) is 11.5. The van der Waals surface area contributed by atoms with Crippen LogP contribution < -0.4 is 5.32 Å². The molecule has 2 amide bonds. The molecule has 0 spiro atoms. The summed E-state index contributed by atoms with van der Waals surface area (Å²) in [5, 5.41) is 11.9. The molecule has 1 aliphatic carbocycles. The molecule has 0 aromatic rings. The summed E-state index contributed by atoms with van der Waals surface area (Å²) in [7, 11) is 0.